The maximum Gasteiger partial charge on any atom is 0.316 e. The van der Waals surface area contributed by atoms with Crippen LogP contribution in [0.1, 0.15) is 24.8 Å². The van der Waals surface area contributed by atoms with Gasteiger partial charge in [0, 0.05) is 12.8 Å². The van der Waals surface area contributed by atoms with Gasteiger partial charge >= 0.3 is 5.97 Å². The predicted octanol–water partition coefficient (Wildman–Crippen LogP) is 4.39. The molecule has 2 saturated heterocycles. The first kappa shape index (κ1) is 26.5. The van der Waals surface area contributed by atoms with E-state index in [1.165, 1.54) is 7.11 Å². The maximum atomic E-state index is 13.5. The van der Waals surface area contributed by atoms with Crippen molar-refractivity contribution in [3.8, 4) is 23.0 Å². The Morgan fingerprint density at radius 1 is 1.03 bits per heavy atom. The number of aryl methyl sites for hydroxylation is 1. The van der Waals surface area contributed by atoms with Crippen molar-refractivity contribution >= 4 is 28.4 Å². The molecule has 38 heavy (non-hydrogen) atoms. The SMILES string of the molecule is COc1ccc(OCCC2=CC3(OCCO3)[C@H]3C[C@]2(CCc2ccc(OC)c(OC=O)c2Br)C(=O)O3)cc1. The van der Waals surface area contributed by atoms with Crippen LogP contribution in [-0.2, 0) is 30.2 Å². The third-order valence-corrected chi connectivity index (χ3v) is 8.27. The minimum Gasteiger partial charge on any atom is -0.497 e. The molecular formula is C28H29BrO9. The fourth-order valence-electron chi connectivity index (χ4n) is 5.42. The van der Waals surface area contributed by atoms with Crippen LogP contribution in [-0.4, -0.2) is 58.4 Å². The van der Waals surface area contributed by atoms with Crippen LogP contribution < -0.4 is 18.9 Å². The lowest BCUT2D eigenvalue weighted by atomic mass is 9.68. The molecule has 2 aromatic rings. The highest BCUT2D eigenvalue weighted by Crippen LogP contribution is 2.55. The number of carbonyl (C=O) groups is 2. The van der Waals surface area contributed by atoms with Crippen LogP contribution in [0, 0.1) is 5.41 Å². The Balaban J connectivity index is 1.39. The molecular weight excluding hydrogens is 560 g/mol. The summed E-state index contributed by atoms with van der Waals surface area (Å²) in [5.41, 5.74) is 0.899. The first-order valence-electron chi connectivity index (χ1n) is 12.4. The van der Waals surface area contributed by atoms with Gasteiger partial charge in [0.1, 0.15) is 11.5 Å². The summed E-state index contributed by atoms with van der Waals surface area (Å²) in [7, 11) is 3.12. The van der Waals surface area contributed by atoms with Crippen molar-refractivity contribution in [1.82, 2.24) is 0 Å². The lowest BCUT2D eigenvalue weighted by molar-refractivity contribution is -0.194. The van der Waals surface area contributed by atoms with E-state index in [0.29, 0.717) is 73.7 Å². The van der Waals surface area contributed by atoms with Gasteiger partial charge in [-0.2, -0.15) is 0 Å². The smallest absolute Gasteiger partial charge is 0.316 e. The molecule has 0 N–H and O–H groups in total. The normalized spacial score (nSPS) is 23.1. The zero-order chi connectivity index (χ0) is 26.8. The van der Waals surface area contributed by atoms with E-state index in [2.05, 4.69) is 15.9 Å². The Labute approximate surface area is 229 Å². The summed E-state index contributed by atoms with van der Waals surface area (Å²) < 4.78 is 40.1. The highest BCUT2D eigenvalue weighted by Gasteiger charge is 2.63. The number of esters is 1. The van der Waals surface area contributed by atoms with Gasteiger partial charge in [0.25, 0.3) is 6.47 Å². The summed E-state index contributed by atoms with van der Waals surface area (Å²) in [5.74, 6) is 0.826. The summed E-state index contributed by atoms with van der Waals surface area (Å²) in [5, 5.41) is 0. The van der Waals surface area contributed by atoms with Crippen molar-refractivity contribution in [2.45, 2.75) is 37.6 Å². The van der Waals surface area contributed by atoms with Gasteiger partial charge in [-0.1, -0.05) is 6.07 Å². The monoisotopic (exact) mass is 588 g/mol. The second-order valence-electron chi connectivity index (χ2n) is 9.33. The summed E-state index contributed by atoms with van der Waals surface area (Å²) in [6.07, 6.45) is 3.36. The fourth-order valence-corrected chi connectivity index (χ4v) is 6.04. The number of carbonyl (C=O) groups excluding carboxylic acids is 2. The molecule has 202 valence electrons. The van der Waals surface area contributed by atoms with E-state index in [4.69, 9.17) is 33.2 Å². The molecule has 2 atom stereocenters. The van der Waals surface area contributed by atoms with Crippen LogP contribution in [0.5, 0.6) is 23.0 Å². The lowest BCUT2D eigenvalue weighted by Crippen LogP contribution is -2.46. The predicted molar refractivity (Wildman–Crippen MR) is 138 cm³/mol. The number of hydrogen-bond acceptors (Lipinski definition) is 9. The summed E-state index contributed by atoms with van der Waals surface area (Å²) in [6.45, 7) is 1.59. The number of ether oxygens (including phenoxy) is 7. The Kier molecular flexibility index (Phi) is 7.65. The van der Waals surface area contributed by atoms with E-state index in [-0.39, 0.29) is 5.97 Å². The van der Waals surface area contributed by atoms with Gasteiger partial charge in [0.05, 0.1) is 43.9 Å². The molecule has 3 aliphatic rings. The van der Waals surface area contributed by atoms with Crippen LogP contribution >= 0.6 is 15.9 Å². The molecule has 5 rings (SSSR count). The molecule has 0 unspecified atom stereocenters. The molecule has 1 spiro atoms. The van der Waals surface area contributed by atoms with Gasteiger partial charge in [-0.05, 0) is 76.3 Å². The first-order valence-corrected chi connectivity index (χ1v) is 13.2. The van der Waals surface area contributed by atoms with Crippen molar-refractivity contribution in [2.75, 3.05) is 34.0 Å². The standard InChI is InChI=1S/C28H29BrO9/c1-32-20-4-6-21(7-5-20)34-12-10-19-15-28(36-13-14-37-28)23-16-27(19,26(31)38-23)11-9-18-3-8-22(33-2)25(24(18)29)35-17-30/h3-8,15,17,23H,9-14,16H2,1-2H3/t23-,27+/m1/s1. The number of rotatable bonds is 11. The molecule has 10 heteroatoms. The maximum absolute atomic E-state index is 13.5. The first-order chi connectivity index (χ1) is 18.4. The summed E-state index contributed by atoms with van der Waals surface area (Å²) >= 11 is 3.54. The van der Waals surface area contributed by atoms with Crippen molar-refractivity contribution in [3.05, 3.63) is 58.1 Å². The third kappa shape index (κ3) is 4.76. The number of halogens is 1. The van der Waals surface area contributed by atoms with Crippen molar-refractivity contribution in [1.29, 1.82) is 0 Å². The Morgan fingerprint density at radius 2 is 1.76 bits per heavy atom. The average Bonchev–Trinajstić information content (AvgIpc) is 3.52. The van der Waals surface area contributed by atoms with Crippen LogP contribution in [0.4, 0.5) is 0 Å². The van der Waals surface area contributed by atoms with Crippen LogP contribution in [0.25, 0.3) is 0 Å². The summed E-state index contributed by atoms with van der Waals surface area (Å²) in [6, 6.07) is 11.0. The molecule has 0 radical (unpaired) electrons. The Bertz CT molecular complexity index is 1220. The second kappa shape index (κ2) is 11.0. The molecule has 2 aliphatic heterocycles. The molecule has 2 aromatic carbocycles. The van der Waals surface area contributed by atoms with E-state index < -0.39 is 17.3 Å². The molecule has 9 nitrogen and oxygen atoms in total. The minimum absolute atomic E-state index is 0.289. The van der Waals surface area contributed by atoms with Crippen molar-refractivity contribution < 1.29 is 42.7 Å². The number of methoxy groups -OCH3 is 2. The quantitative estimate of drug-likeness (QED) is 0.215. The van der Waals surface area contributed by atoms with Gasteiger partial charge < -0.3 is 33.2 Å². The second-order valence-corrected chi connectivity index (χ2v) is 10.1. The molecule has 0 amide bonds. The number of benzene rings is 2. The largest absolute Gasteiger partial charge is 0.497 e. The highest BCUT2D eigenvalue weighted by molar-refractivity contribution is 9.10. The van der Waals surface area contributed by atoms with Crippen molar-refractivity contribution in [3.63, 3.8) is 0 Å². The highest BCUT2D eigenvalue weighted by atomic mass is 79.9. The van der Waals surface area contributed by atoms with E-state index >= 15 is 0 Å². The van der Waals surface area contributed by atoms with Crippen LogP contribution in [0.2, 0.25) is 0 Å². The lowest BCUT2D eigenvalue weighted by Gasteiger charge is -2.37. The van der Waals surface area contributed by atoms with Crippen LogP contribution in [0.15, 0.2) is 52.5 Å². The Morgan fingerprint density at radius 3 is 2.45 bits per heavy atom. The van der Waals surface area contributed by atoms with Gasteiger partial charge in [0.15, 0.2) is 17.6 Å². The van der Waals surface area contributed by atoms with Crippen molar-refractivity contribution in [2.24, 2.45) is 5.41 Å². The average molecular weight is 589 g/mol. The van der Waals surface area contributed by atoms with E-state index in [1.54, 1.807) is 13.2 Å². The topological polar surface area (TPSA) is 98.8 Å². The third-order valence-electron chi connectivity index (χ3n) is 7.40. The van der Waals surface area contributed by atoms with Gasteiger partial charge in [-0.15, -0.1) is 0 Å². The van der Waals surface area contributed by atoms with E-state index in [9.17, 15) is 9.59 Å². The number of hydrogen-bond donors (Lipinski definition) is 0. The van der Waals surface area contributed by atoms with Gasteiger partial charge in [0.2, 0.25) is 5.79 Å². The summed E-state index contributed by atoms with van der Waals surface area (Å²) in [4.78, 5) is 24.5. The fraction of sp³-hybridized carbons (Fsp3) is 0.429. The van der Waals surface area contributed by atoms with Gasteiger partial charge in [-0.25, -0.2) is 0 Å². The van der Waals surface area contributed by atoms with Gasteiger partial charge in [-0.3, -0.25) is 9.59 Å². The Hall–Kier alpha value is -3.08. The zero-order valence-corrected chi connectivity index (χ0v) is 22.8. The molecule has 2 bridgehead atoms. The molecule has 0 saturated carbocycles. The minimum atomic E-state index is -1.06. The molecule has 2 fully saturated rings. The van der Waals surface area contributed by atoms with E-state index in [0.717, 1.165) is 16.9 Å². The number of fused-ring (bicyclic) bond motifs is 3. The zero-order valence-electron chi connectivity index (χ0n) is 21.2. The van der Waals surface area contributed by atoms with E-state index in [1.807, 2.05) is 36.4 Å². The van der Waals surface area contributed by atoms with Crippen LogP contribution in [0.3, 0.4) is 0 Å². The molecule has 2 heterocycles. The molecule has 0 aromatic heterocycles. The molecule has 1 aliphatic carbocycles.